The van der Waals surface area contributed by atoms with Gasteiger partial charge >= 0.3 is 0 Å². The van der Waals surface area contributed by atoms with Crippen LogP contribution in [0.3, 0.4) is 0 Å². The van der Waals surface area contributed by atoms with Gasteiger partial charge in [0.2, 0.25) is 11.9 Å². The highest BCUT2D eigenvalue weighted by molar-refractivity contribution is 5.80. The van der Waals surface area contributed by atoms with Crippen molar-refractivity contribution in [3.8, 4) is 23.4 Å². The lowest BCUT2D eigenvalue weighted by molar-refractivity contribution is 0.182. The topological polar surface area (TPSA) is 112 Å². The summed E-state index contributed by atoms with van der Waals surface area (Å²) in [4.78, 5) is 17.5. The zero-order valence-corrected chi connectivity index (χ0v) is 16.4. The molecule has 31 heavy (non-hydrogen) atoms. The Morgan fingerprint density at radius 1 is 1.06 bits per heavy atom. The van der Waals surface area contributed by atoms with Gasteiger partial charge in [-0.05, 0) is 55.5 Å². The van der Waals surface area contributed by atoms with E-state index in [1.165, 1.54) is 0 Å². The molecule has 1 aliphatic rings. The van der Waals surface area contributed by atoms with Gasteiger partial charge in [0, 0.05) is 24.0 Å². The van der Waals surface area contributed by atoms with Gasteiger partial charge < -0.3 is 10.4 Å². The third-order valence-electron chi connectivity index (χ3n) is 5.12. The fourth-order valence-corrected chi connectivity index (χ4v) is 3.57. The Bertz CT molecular complexity index is 1310. The molecule has 1 saturated carbocycles. The molecule has 3 heterocycles. The Hall–Kier alpha value is -3.90. The number of aromatic nitrogens is 6. The molecule has 3 aromatic heterocycles. The fraction of sp³-hybridized carbons (Fsp3) is 0.227. The molecule has 1 fully saturated rings. The van der Waals surface area contributed by atoms with Crippen molar-refractivity contribution in [1.82, 2.24) is 30.1 Å². The van der Waals surface area contributed by atoms with E-state index in [-0.39, 0.29) is 12.1 Å². The van der Waals surface area contributed by atoms with Crippen molar-refractivity contribution in [2.24, 2.45) is 0 Å². The van der Waals surface area contributed by atoms with Gasteiger partial charge in [0.15, 0.2) is 5.82 Å². The number of H-pyrrole nitrogens is 1. The van der Waals surface area contributed by atoms with E-state index in [9.17, 15) is 9.50 Å². The van der Waals surface area contributed by atoms with E-state index in [1.807, 2.05) is 0 Å². The van der Waals surface area contributed by atoms with Crippen LogP contribution >= 0.6 is 0 Å². The lowest BCUT2D eigenvalue weighted by atomic mass is 10.1. The first-order valence-corrected chi connectivity index (χ1v) is 9.91. The van der Waals surface area contributed by atoms with Crippen LogP contribution in [0.15, 0.2) is 42.7 Å². The van der Waals surface area contributed by atoms with E-state index < -0.39 is 5.95 Å². The normalized spacial score (nSPS) is 18.0. The van der Waals surface area contributed by atoms with E-state index >= 15 is 0 Å². The molecular formula is C22H18FN7O. The van der Waals surface area contributed by atoms with Crippen molar-refractivity contribution in [3.05, 3.63) is 59.9 Å². The van der Waals surface area contributed by atoms with Crippen molar-refractivity contribution < 1.29 is 9.50 Å². The number of anilines is 1. The maximum atomic E-state index is 13.7. The molecule has 0 saturated heterocycles. The number of nitrogens with one attached hydrogen (secondary N) is 2. The number of aliphatic hydroxyl groups excluding tert-OH is 1. The largest absolute Gasteiger partial charge is 0.393 e. The first kappa shape index (κ1) is 19.1. The highest BCUT2D eigenvalue weighted by Gasteiger charge is 2.23. The lowest BCUT2D eigenvalue weighted by Gasteiger charge is -2.12. The minimum atomic E-state index is -0.483. The monoisotopic (exact) mass is 415 g/mol. The summed E-state index contributed by atoms with van der Waals surface area (Å²) in [5.74, 6) is 6.41. The summed E-state index contributed by atoms with van der Waals surface area (Å²) >= 11 is 0. The van der Waals surface area contributed by atoms with Crippen LogP contribution in [0.5, 0.6) is 0 Å². The second-order valence-electron chi connectivity index (χ2n) is 7.36. The minimum Gasteiger partial charge on any atom is -0.393 e. The molecule has 154 valence electrons. The van der Waals surface area contributed by atoms with Crippen LogP contribution in [0, 0.1) is 17.8 Å². The SMILES string of the molecule is OC1CCC(Nc2nccc(-c3nccc(C#Cc4ccc5n[nH]c(F)c5c4)n3)n2)C1. The van der Waals surface area contributed by atoms with Gasteiger partial charge in [-0.25, -0.2) is 19.9 Å². The predicted octanol–water partition coefficient (Wildman–Crippen LogP) is 2.67. The lowest BCUT2D eigenvalue weighted by Crippen LogP contribution is -2.18. The maximum Gasteiger partial charge on any atom is 0.223 e. The van der Waals surface area contributed by atoms with E-state index in [0.717, 1.165) is 12.8 Å². The van der Waals surface area contributed by atoms with Gasteiger partial charge in [0.25, 0.3) is 0 Å². The fourth-order valence-electron chi connectivity index (χ4n) is 3.57. The van der Waals surface area contributed by atoms with E-state index in [0.29, 0.717) is 46.0 Å². The first-order valence-electron chi connectivity index (χ1n) is 9.91. The van der Waals surface area contributed by atoms with Crippen LogP contribution in [0.2, 0.25) is 0 Å². The molecule has 3 N–H and O–H groups in total. The number of aliphatic hydroxyl groups is 1. The number of halogens is 1. The summed E-state index contributed by atoms with van der Waals surface area (Å²) in [6.45, 7) is 0. The van der Waals surface area contributed by atoms with Gasteiger partial charge in [-0.1, -0.05) is 5.92 Å². The number of hydrogen-bond donors (Lipinski definition) is 3. The van der Waals surface area contributed by atoms with Gasteiger partial charge in [-0.15, -0.1) is 0 Å². The third-order valence-corrected chi connectivity index (χ3v) is 5.12. The molecule has 0 aliphatic heterocycles. The molecular weight excluding hydrogens is 397 g/mol. The second kappa shape index (κ2) is 8.08. The summed E-state index contributed by atoms with van der Waals surface area (Å²) in [7, 11) is 0. The average molecular weight is 415 g/mol. The Morgan fingerprint density at radius 3 is 2.84 bits per heavy atom. The Kier molecular flexibility index (Phi) is 4.98. The number of rotatable bonds is 3. The molecule has 4 aromatic rings. The Labute approximate surface area is 177 Å². The Balaban J connectivity index is 1.37. The summed E-state index contributed by atoms with van der Waals surface area (Å²) in [5, 5.41) is 19.5. The molecule has 8 nitrogen and oxygen atoms in total. The number of nitrogens with zero attached hydrogens (tertiary/aromatic N) is 5. The van der Waals surface area contributed by atoms with Crippen LogP contribution in [-0.4, -0.2) is 47.4 Å². The van der Waals surface area contributed by atoms with Crippen molar-refractivity contribution >= 4 is 16.9 Å². The number of fused-ring (bicyclic) bond motifs is 1. The maximum absolute atomic E-state index is 13.7. The summed E-state index contributed by atoms with van der Waals surface area (Å²) < 4.78 is 13.7. The van der Waals surface area contributed by atoms with Crippen molar-refractivity contribution in [1.29, 1.82) is 0 Å². The van der Waals surface area contributed by atoms with E-state index in [1.54, 1.807) is 42.7 Å². The number of hydrogen-bond acceptors (Lipinski definition) is 7. The first-order chi connectivity index (χ1) is 15.1. The van der Waals surface area contributed by atoms with Gasteiger partial charge in [0.05, 0.1) is 17.0 Å². The summed E-state index contributed by atoms with van der Waals surface area (Å²) in [6, 6.07) is 8.72. The predicted molar refractivity (Wildman–Crippen MR) is 112 cm³/mol. The molecule has 5 rings (SSSR count). The zero-order valence-electron chi connectivity index (χ0n) is 16.4. The Morgan fingerprint density at radius 2 is 1.97 bits per heavy atom. The van der Waals surface area contributed by atoms with Crippen LogP contribution in [0.25, 0.3) is 22.4 Å². The third kappa shape index (κ3) is 4.20. The molecule has 1 aromatic carbocycles. The van der Waals surface area contributed by atoms with E-state index in [4.69, 9.17) is 0 Å². The highest BCUT2D eigenvalue weighted by Crippen LogP contribution is 2.22. The van der Waals surface area contributed by atoms with Gasteiger partial charge in [-0.2, -0.15) is 9.49 Å². The van der Waals surface area contributed by atoms with Crippen LogP contribution in [-0.2, 0) is 0 Å². The van der Waals surface area contributed by atoms with Crippen LogP contribution in [0.4, 0.5) is 10.3 Å². The molecule has 0 spiro atoms. The highest BCUT2D eigenvalue weighted by atomic mass is 19.1. The smallest absolute Gasteiger partial charge is 0.223 e. The van der Waals surface area contributed by atoms with Gasteiger partial charge in [0.1, 0.15) is 11.4 Å². The number of benzene rings is 1. The molecule has 0 amide bonds. The summed E-state index contributed by atoms with van der Waals surface area (Å²) in [5.41, 5.74) is 2.29. The number of aromatic amines is 1. The van der Waals surface area contributed by atoms with Crippen LogP contribution in [0.1, 0.15) is 30.5 Å². The summed E-state index contributed by atoms with van der Waals surface area (Å²) in [6.07, 6.45) is 5.33. The standard InChI is InChI=1S/C22H18FN7O/c23-20-17-11-13(2-6-18(17)29-30-20)1-3-14-7-9-24-21(26-14)19-8-10-25-22(28-19)27-15-4-5-16(31)12-15/h2,6-11,15-16,31H,4-5,12H2,(H,29,30)(H,25,27,28). The van der Waals surface area contributed by atoms with Crippen molar-refractivity contribution in [3.63, 3.8) is 0 Å². The molecule has 2 unspecified atom stereocenters. The molecule has 9 heteroatoms. The van der Waals surface area contributed by atoms with Crippen molar-refractivity contribution in [2.45, 2.75) is 31.4 Å². The molecule has 0 bridgehead atoms. The average Bonchev–Trinajstić information content (AvgIpc) is 3.37. The van der Waals surface area contributed by atoms with Gasteiger partial charge in [-0.3, -0.25) is 5.10 Å². The zero-order chi connectivity index (χ0) is 21.2. The quantitative estimate of drug-likeness (QED) is 0.441. The molecule has 2 atom stereocenters. The van der Waals surface area contributed by atoms with E-state index in [2.05, 4.69) is 47.3 Å². The minimum absolute atomic E-state index is 0.153. The molecule has 0 radical (unpaired) electrons. The molecule has 1 aliphatic carbocycles. The van der Waals surface area contributed by atoms with Crippen LogP contribution < -0.4 is 5.32 Å². The second-order valence-corrected chi connectivity index (χ2v) is 7.36. The van der Waals surface area contributed by atoms with Crippen molar-refractivity contribution in [2.75, 3.05) is 5.32 Å².